The van der Waals surface area contributed by atoms with Crippen LogP contribution >= 0.6 is 0 Å². The van der Waals surface area contributed by atoms with E-state index in [4.69, 9.17) is 0 Å². The third-order valence-electron chi connectivity index (χ3n) is 4.90. The van der Waals surface area contributed by atoms with Gasteiger partial charge in [0, 0.05) is 11.1 Å². The number of carbonyl (C=O) groups is 1. The van der Waals surface area contributed by atoms with Crippen molar-refractivity contribution in [2.45, 2.75) is 0 Å². The summed E-state index contributed by atoms with van der Waals surface area (Å²) >= 11 is 0. The Hall–Kier alpha value is -3.71. The average Bonchev–Trinajstić information content (AvgIpc) is 2.77. The first-order valence-corrected chi connectivity index (χ1v) is 11.0. The third kappa shape index (κ3) is 3.64. The first-order chi connectivity index (χ1) is 14.9. The molecule has 0 spiro atoms. The van der Waals surface area contributed by atoms with Crippen LogP contribution < -0.4 is 9.62 Å². The topological polar surface area (TPSA) is 66.5 Å². The maximum atomic E-state index is 14.2. The first-order valence-electron chi connectivity index (χ1n) is 9.53. The number of halogens is 1. The lowest BCUT2D eigenvalue weighted by Crippen LogP contribution is -2.39. The van der Waals surface area contributed by atoms with E-state index in [1.54, 1.807) is 60.7 Å². The number of benzene rings is 3. The monoisotopic (exact) mass is 434 g/mol. The smallest absolute Gasteiger partial charge is 0.270 e. The molecule has 0 aromatic heterocycles. The highest BCUT2D eigenvalue weighted by atomic mass is 32.2. The van der Waals surface area contributed by atoms with E-state index >= 15 is 0 Å². The van der Waals surface area contributed by atoms with Crippen LogP contribution in [0.25, 0.3) is 5.57 Å². The van der Waals surface area contributed by atoms with Crippen molar-refractivity contribution in [2.75, 3.05) is 16.2 Å². The molecule has 156 valence electrons. The van der Waals surface area contributed by atoms with Gasteiger partial charge in [0.15, 0.2) is 4.91 Å². The van der Waals surface area contributed by atoms with Crippen LogP contribution in [0.2, 0.25) is 0 Å². The molecule has 0 fully saturated rings. The van der Waals surface area contributed by atoms with Gasteiger partial charge >= 0.3 is 0 Å². The van der Waals surface area contributed by atoms with Gasteiger partial charge < -0.3 is 5.32 Å². The summed E-state index contributed by atoms with van der Waals surface area (Å²) in [5, 5.41) is 2.43. The lowest BCUT2D eigenvalue weighted by atomic mass is 9.95. The number of carbonyl (C=O) groups excluding carboxylic acids is 1. The standard InChI is InChI=1S/C24H19FN2O3S/c1-2-16-27-21-15-9-6-12-18(21)22(17-10-4-3-5-11-17)23(31(27,29)30)24(28)26-20-14-8-7-13-19(20)25/h2-15H,1,16H2,(H,26,28). The van der Waals surface area contributed by atoms with Crippen molar-refractivity contribution < 1.29 is 17.6 Å². The molecule has 5 nitrogen and oxygen atoms in total. The molecule has 1 heterocycles. The minimum absolute atomic E-state index is 0.0160. The average molecular weight is 434 g/mol. The Balaban J connectivity index is 2.00. The van der Waals surface area contributed by atoms with E-state index in [9.17, 15) is 17.6 Å². The normalized spacial score (nSPS) is 14.7. The Morgan fingerprint density at radius 1 is 0.968 bits per heavy atom. The van der Waals surface area contributed by atoms with Crippen molar-refractivity contribution in [3.63, 3.8) is 0 Å². The van der Waals surface area contributed by atoms with Gasteiger partial charge in [-0.15, -0.1) is 6.58 Å². The fourth-order valence-corrected chi connectivity index (χ4v) is 5.28. The van der Waals surface area contributed by atoms with Gasteiger partial charge in [-0.3, -0.25) is 9.10 Å². The van der Waals surface area contributed by atoms with Gasteiger partial charge in [0.05, 0.1) is 17.9 Å². The minimum Gasteiger partial charge on any atom is -0.319 e. The summed E-state index contributed by atoms with van der Waals surface area (Å²) in [5.74, 6) is -1.57. The van der Waals surface area contributed by atoms with Crippen molar-refractivity contribution in [3.05, 3.63) is 113 Å². The summed E-state index contributed by atoms with van der Waals surface area (Å²) in [6.07, 6.45) is 1.45. The number of fused-ring (bicyclic) bond motifs is 1. The van der Waals surface area contributed by atoms with E-state index in [0.29, 0.717) is 16.8 Å². The summed E-state index contributed by atoms with van der Waals surface area (Å²) in [5.41, 5.74) is 1.77. The second-order valence-electron chi connectivity index (χ2n) is 6.85. The predicted molar refractivity (Wildman–Crippen MR) is 120 cm³/mol. The second-order valence-corrected chi connectivity index (χ2v) is 8.65. The lowest BCUT2D eigenvalue weighted by molar-refractivity contribution is -0.112. The van der Waals surface area contributed by atoms with Crippen LogP contribution in [0.5, 0.6) is 0 Å². The van der Waals surface area contributed by atoms with E-state index in [-0.39, 0.29) is 17.8 Å². The zero-order chi connectivity index (χ0) is 22.0. The van der Waals surface area contributed by atoms with Crippen LogP contribution in [0, 0.1) is 5.82 Å². The molecule has 1 aliphatic rings. The van der Waals surface area contributed by atoms with Crippen LogP contribution in [-0.2, 0) is 14.8 Å². The number of hydrogen-bond donors (Lipinski definition) is 1. The van der Waals surface area contributed by atoms with Crippen molar-refractivity contribution in [1.29, 1.82) is 0 Å². The maximum absolute atomic E-state index is 14.2. The quantitative estimate of drug-likeness (QED) is 0.599. The number of nitrogens with one attached hydrogen (secondary N) is 1. The maximum Gasteiger partial charge on any atom is 0.270 e. The predicted octanol–water partition coefficient (Wildman–Crippen LogP) is 4.56. The number of rotatable bonds is 5. The van der Waals surface area contributed by atoms with E-state index in [1.807, 2.05) is 0 Å². The van der Waals surface area contributed by atoms with Crippen LogP contribution in [0.3, 0.4) is 0 Å². The van der Waals surface area contributed by atoms with Crippen LogP contribution in [0.1, 0.15) is 11.1 Å². The van der Waals surface area contributed by atoms with Gasteiger partial charge in [-0.1, -0.05) is 66.7 Å². The molecule has 31 heavy (non-hydrogen) atoms. The molecule has 0 unspecified atom stereocenters. The summed E-state index contributed by atoms with van der Waals surface area (Å²) in [7, 11) is -4.26. The Bertz CT molecular complexity index is 1300. The molecule has 1 amide bonds. The highest BCUT2D eigenvalue weighted by Crippen LogP contribution is 2.42. The van der Waals surface area contributed by atoms with E-state index < -0.39 is 26.7 Å². The molecule has 0 atom stereocenters. The molecule has 1 aliphatic heterocycles. The molecule has 0 aliphatic carbocycles. The number of amides is 1. The molecule has 4 rings (SSSR count). The largest absolute Gasteiger partial charge is 0.319 e. The molecule has 0 radical (unpaired) electrons. The Labute approximate surface area is 180 Å². The van der Waals surface area contributed by atoms with Crippen molar-refractivity contribution in [2.24, 2.45) is 0 Å². The Morgan fingerprint density at radius 3 is 2.32 bits per heavy atom. The highest BCUT2D eigenvalue weighted by Gasteiger charge is 2.40. The van der Waals surface area contributed by atoms with Gasteiger partial charge in [-0.2, -0.15) is 0 Å². The van der Waals surface area contributed by atoms with Gasteiger partial charge in [-0.25, -0.2) is 12.8 Å². The minimum atomic E-state index is -4.26. The van der Waals surface area contributed by atoms with Gasteiger partial charge in [0.1, 0.15) is 5.82 Å². The number of nitrogens with zero attached hydrogens (tertiary/aromatic N) is 1. The number of anilines is 2. The summed E-state index contributed by atoms with van der Waals surface area (Å²) in [4.78, 5) is 12.9. The van der Waals surface area contributed by atoms with E-state index in [2.05, 4.69) is 11.9 Å². The van der Waals surface area contributed by atoms with Crippen molar-refractivity contribution in [3.8, 4) is 0 Å². The lowest BCUT2D eigenvalue weighted by Gasteiger charge is -2.32. The first kappa shape index (κ1) is 20.6. The SMILES string of the molecule is C=CCN1c2ccccc2C(c2ccccc2)=C(C(=O)Nc2ccccc2F)S1(=O)=O. The molecule has 3 aromatic carbocycles. The fraction of sp³-hybridized carbons (Fsp3) is 0.0417. The van der Waals surface area contributed by atoms with Gasteiger partial charge in [0.25, 0.3) is 15.9 Å². The van der Waals surface area contributed by atoms with Crippen LogP contribution in [0.4, 0.5) is 15.8 Å². The van der Waals surface area contributed by atoms with Crippen LogP contribution in [0.15, 0.2) is 96.4 Å². The fourth-order valence-electron chi connectivity index (χ4n) is 3.57. The van der Waals surface area contributed by atoms with Crippen molar-refractivity contribution >= 4 is 32.9 Å². The van der Waals surface area contributed by atoms with Gasteiger partial charge in [-0.05, 0) is 23.8 Å². The number of para-hydroxylation sites is 2. The van der Waals surface area contributed by atoms with E-state index in [1.165, 1.54) is 24.3 Å². The third-order valence-corrected chi connectivity index (χ3v) is 6.73. The number of sulfonamides is 1. The Morgan fingerprint density at radius 2 is 1.61 bits per heavy atom. The van der Waals surface area contributed by atoms with Crippen molar-refractivity contribution in [1.82, 2.24) is 0 Å². The molecule has 0 bridgehead atoms. The van der Waals surface area contributed by atoms with Gasteiger partial charge in [0.2, 0.25) is 0 Å². The second kappa shape index (κ2) is 8.20. The molecular weight excluding hydrogens is 415 g/mol. The molecular formula is C24H19FN2O3S. The summed E-state index contributed by atoms with van der Waals surface area (Å²) in [6.45, 7) is 3.63. The van der Waals surface area contributed by atoms with E-state index in [0.717, 1.165) is 4.31 Å². The number of hydrogen-bond acceptors (Lipinski definition) is 3. The Kier molecular flexibility index (Phi) is 5.44. The molecule has 0 saturated heterocycles. The molecule has 7 heteroatoms. The highest BCUT2D eigenvalue weighted by molar-refractivity contribution is 7.97. The zero-order valence-electron chi connectivity index (χ0n) is 16.5. The summed E-state index contributed by atoms with van der Waals surface area (Å²) in [6, 6.07) is 21.4. The van der Waals surface area contributed by atoms with Crippen LogP contribution in [-0.4, -0.2) is 20.9 Å². The summed E-state index contributed by atoms with van der Waals surface area (Å²) < 4.78 is 42.6. The molecule has 0 saturated carbocycles. The zero-order valence-corrected chi connectivity index (χ0v) is 17.3. The molecule has 1 N–H and O–H groups in total. The molecule has 3 aromatic rings.